The zero-order valence-corrected chi connectivity index (χ0v) is 12.8. The van der Waals surface area contributed by atoms with E-state index in [-0.39, 0.29) is 6.10 Å². The van der Waals surface area contributed by atoms with Gasteiger partial charge in [-0.05, 0) is 48.4 Å². The molecule has 0 saturated carbocycles. The Kier molecular flexibility index (Phi) is 3.11. The first-order valence-electron chi connectivity index (χ1n) is 8.09. The van der Waals surface area contributed by atoms with Gasteiger partial charge in [-0.1, -0.05) is 55.0 Å². The molecule has 0 radical (unpaired) electrons. The first kappa shape index (κ1) is 13.1. The third-order valence-corrected chi connectivity index (χ3v) is 5.12. The highest BCUT2D eigenvalue weighted by atomic mass is 16.5. The van der Waals surface area contributed by atoms with Crippen LogP contribution in [0.2, 0.25) is 0 Å². The van der Waals surface area contributed by atoms with E-state index in [9.17, 15) is 0 Å². The summed E-state index contributed by atoms with van der Waals surface area (Å²) in [7, 11) is 0. The van der Waals surface area contributed by atoms with Gasteiger partial charge in [-0.2, -0.15) is 0 Å². The summed E-state index contributed by atoms with van der Waals surface area (Å²) in [5.41, 5.74) is 7.19. The predicted octanol–water partition coefficient (Wildman–Crippen LogP) is 4.92. The van der Waals surface area contributed by atoms with E-state index < -0.39 is 0 Å². The molecule has 1 aliphatic heterocycles. The van der Waals surface area contributed by atoms with Crippen molar-refractivity contribution < 1.29 is 4.74 Å². The summed E-state index contributed by atoms with van der Waals surface area (Å²) >= 11 is 0. The van der Waals surface area contributed by atoms with Crippen LogP contribution in [0, 0.1) is 6.92 Å². The Labute approximate surface area is 127 Å². The van der Waals surface area contributed by atoms with E-state index in [0.29, 0.717) is 12.0 Å². The monoisotopic (exact) mass is 278 g/mol. The van der Waals surface area contributed by atoms with Crippen LogP contribution in [0.3, 0.4) is 0 Å². The lowest BCUT2D eigenvalue weighted by Crippen LogP contribution is -2.07. The van der Waals surface area contributed by atoms with Gasteiger partial charge in [0.15, 0.2) is 0 Å². The van der Waals surface area contributed by atoms with Crippen molar-refractivity contribution in [2.75, 3.05) is 0 Å². The Hall–Kier alpha value is -1.60. The van der Waals surface area contributed by atoms with Crippen LogP contribution in [0.1, 0.15) is 59.6 Å². The number of fused-ring (bicyclic) bond motifs is 5. The van der Waals surface area contributed by atoms with Crippen LogP contribution in [0.25, 0.3) is 0 Å². The van der Waals surface area contributed by atoms with E-state index in [1.54, 1.807) is 0 Å². The number of aryl methyl sites for hydroxylation is 1. The standard InChI is InChI=1S/C20H22O/c1-3-16-12-19-17-7-5-4-6-14(17)11-15-9-8-13(2)10-18(15)20(19)21-16/h4-10,16,19-20H,3,11-12H2,1-2H3/t16-,19+,20+/m1/s1. The van der Waals surface area contributed by atoms with Crippen molar-refractivity contribution in [3.05, 3.63) is 70.3 Å². The molecule has 108 valence electrons. The predicted molar refractivity (Wildman–Crippen MR) is 85.7 cm³/mol. The molecule has 2 aliphatic rings. The first-order chi connectivity index (χ1) is 10.3. The van der Waals surface area contributed by atoms with Crippen LogP contribution in [0.4, 0.5) is 0 Å². The molecule has 1 heterocycles. The first-order valence-corrected chi connectivity index (χ1v) is 8.09. The van der Waals surface area contributed by atoms with Crippen LogP contribution in [0.5, 0.6) is 0 Å². The van der Waals surface area contributed by atoms with Crippen molar-refractivity contribution in [3.63, 3.8) is 0 Å². The smallest absolute Gasteiger partial charge is 0.0901 e. The van der Waals surface area contributed by atoms with Crippen molar-refractivity contribution >= 4 is 0 Å². The minimum absolute atomic E-state index is 0.244. The summed E-state index contributed by atoms with van der Waals surface area (Å²) in [6.45, 7) is 4.42. The SMILES string of the molecule is CC[C@@H]1C[C@H]2c3ccccc3Cc3ccc(C)cc3[C@@H]2O1. The Morgan fingerprint density at radius 1 is 1.05 bits per heavy atom. The van der Waals surface area contributed by atoms with Crippen molar-refractivity contribution in [2.24, 2.45) is 0 Å². The van der Waals surface area contributed by atoms with Gasteiger partial charge in [0.1, 0.15) is 0 Å². The van der Waals surface area contributed by atoms with Crippen molar-refractivity contribution in [3.8, 4) is 0 Å². The lowest BCUT2D eigenvalue weighted by atomic mass is 9.87. The highest BCUT2D eigenvalue weighted by molar-refractivity contribution is 5.46. The maximum absolute atomic E-state index is 6.43. The second-order valence-electron chi connectivity index (χ2n) is 6.51. The van der Waals surface area contributed by atoms with Crippen molar-refractivity contribution in [1.29, 1.82) is 0 Å². The minimum atomic E-state index is 0.244. The summed E-state index contributed by atoms with van der Waals surface area (Å²) in [5, 5.41) is 0. The molecule has 0 unspecified atom stereocenters. The fourth-order valence-electron chi connectivity index (χ4n) is 4.01. The molecule has 0 N–H and O–H groups in total. The molecule has 21 heavy (non-hydrogen) atoms. The summed E-state index contributed by atoms with van der Waals surface area (Å²) in [5.74, 6) is 0.522. The normalized spacial score (nSPS) is 26.7. The number of hydrogen-bond donors (Lipinski definition) is 0. The van der Waals surface area contributed by atoms with Gasteiger partial charge < -0.3 is 4.74 Å². The molecule has 4 rings (SSSR count). The topological polar surface area (TPSA) is 9.23 Å². The molecule has 2 aromatic carbocycles. The molecule has 0 aromatic heterocycles. The van der Waals surface area contributed by atoms with Crippen molar-refractivity contribution in [1.82, 2.24) is 0 Å². The van der Waals surface area contributed by atoms with Crippen LogP contribution >= 0.6 is 0 Å². The quantitative estimate of drug-likeness (QED) is 0.719. The van der Waals surface area contributed by atoms with Gasteiger partial charge in [-0.15, -0.1) is 0 Å². The summed E-state index contributed by atoms with van der Waals surface area (Å²) < 4.78 is 6.43. The van der Waals surface area contributed by atoms with E-state index in [2.05, 4.69) is 56.3 Å². The number of benzene rings is 2. The van der Waals surface area contributed by atoms with E-state index >= 15 is 0 Å². The van der Waals surface area contributed by atoms with E-state index in [0.717, 1.165) is 19.3 Å². The maximum atomic E-state index is 6.43. The number of hydrogen-bond acceptors (Lipinski definition) is 1. The fourth-order valence-corrected chi connectivity index (χ4v) is 4.01. The fraction of sp³-hybridized carbons (Fsp3) is 0.400. The second-order valence-corrected chi connectivity index (χ2v) is 6.51. The van der Waals surface area contributed by atoms with Crippen LogP contribution < -0.4 is 0 Å². The lowest BCUT2D eigenvalue weighted by Gasteiger charge is -2.19. The minimum Gasteiger partial charge on any atom is -0.370 e. The third kappa shape index (κ3) is 2.11. The molecule has 0 amide bonds. The Bertz CT molecular complexity index is 673. The highest BCUT2D eigenvalue weighted by Gasteiger charge is 2.39. The molecule has 0 spiro atoms. The summed E-state index contributed by atoms with van der Waals surface area (Å²) in [6.07, 6.45) is 3.95. The molecule has 1 aliphatic carbocycles. The van der Waals surface area contributed by atoms with Gasteiger partial charge in [-0.3, -0.25) is 0 Å². The van der Waals surface area contributed by atoms with Crippen LogP contribution in [0.15, 0.2) is 42.5 Å². The number of rotatable bonds is 1. The average Bonchev–Trinajstić information content (AvgIpc) is 2.89. The molecule has 2 aromatic rings. The van der Waals surface area contributed by atoms with E-state index in [4.69, 9.17) is 4.74 Å². The largest absolute Gasteiger partial charge is 0.370 e. The molecule has 1 saturated heterocycles. The lowest BCUT2D eigenvalue weighted by molar-refractivity contribution is 0.0388. The zero-order valence-electron chi connectivity index (χ0n) is 12.8. The number of ether oxygens (including phenoxy) is 1. The molecule has 3 atom stereocenters. The van der Waals surface area contributed by atoms with Gasteiger partial charge >= 0.3 is 0 Å². The third-order valence-electron chi connectivity index (χ3n) is 5.12. The maximum Gasteiger partial charge on any atom is 0.0901 e. The van der Waals surface area contributed by atoms with Crippen LogP contribution in [-0.4, -0.2) is 6.10 Å². The summed E-state index contributed by atoms with van der Waals surface area (Å²) in [6, 6.07) is 15.8. The molecule has 1 heteroatoms. The average molecular weight is 278 g/mol. The summed E-state index contributed by atoms with van der Waals surface area (Å²) in [4.78, 5) is 0. The van der Waals surface area contributed by atoms with Gasteiger partial charge in [0.25, 0.3) is 0 Å². The molecular formula is C20H22O. The van der Waals surface area contributed by atoms with Gasteiger partial charge in [-0.25, -0.2) is 0 Å². The van der Waals surface area contributed by atoms with Crippen LogP contribution in [-0.2, 0) is 11.2 Å². The Morgan fingerprint density at radius 3 is 2.71 bits per heavy atom. The van der Waals surface area contributed by atoms with Gasteiger partial charge in [0.2, 0.25) is 0 Å². The van der Waals surface area contributed by atoms with Gasteiger partial charge in [0, 0.05) is 5.92 Å². The molecular weight excluding hydrogens is 256 g/mol. The Morgan fingerprint density at radius 2 is 1.86 bits per heavy atom. The molecule has 0 bridgehead atoms. The van der Waals surface area contributed by atoms with E-state index in [1.165, 1.54) is 27.8 Å². The van der Waals surface area contributed by atoms with E-state index in [1.807, 2.05) is 0 Å². The zero-order chi connectivity index (χ0) is 14.4. The Balaban J connectivity index is 1.90. The van der Waals surface area contributed by atoms with Crippen molar-refractivity contribution in [2.45, 2.75) is 51.2 Å². The highest BCUT2D eigenvalue weighted by Crippen LogP contribution is 2.49. The molecule has 1 fully saturated rings. The second kappa shape index (κ2) is 4.99. The van der Waals surface area contributed by atoms with Gasteiger partial charge in [0.05, 0.1) is 12.2 Å². The molecule has 1 nitrogen and oxygen atoms in total.